The van der Waals surface area contributed by atoms with Crippen LogP contribution < -0.4 is 4.90 Å². The van der Waals surface area contributed by atoms with Crippen molar-refractivity contribution in [2.75, 3.05) is 17.2 Å². The molecule has 1 heterocycles. The summed E-state index contributed by atoms with van der Waals surface area (Å²) in [6, 6.07) is 14.3. The second kappa shape index (κ2) is 7.65. The lowest BCUT2D eigenvalue weighted by Gasteiger charge is -2.22. The van der Waals surface area contributed by atoms with E-state index in [-0.39, 0.29) is 11.9 Å². The van der Waals surface area contributed by atoms with Crippen molar-refractivity contribution in [1.82, 2.24) is 20.2 Å². The summed E-state index contributed by atoms with van der Waals surface area (Å²) in [6.45, 7) is 6.62. The fourth-order valence-corrected chi connectivity index (χ4v) is 3.62. The smallest absolute Gasteiger partial charge is 0.237 e. The largest absolute Gasteiger partial charge is 0.311 e. The Bertz CT molecular complexity index is 871. The van der Waals surface area contributed by atoms with Crippen molar-refractivity contribution in [1.29, 1.82) is 0 Å². The van der Waals surface area contributed by atoms with Crippen molar-refractivity contribution in [3.05, 3.63) is 42.5 Å². The van der Waals surface area contributed by atoms with E-state index in [9.17, 15) is 4.79 Å². The molecule has 1 amide bonds. The first-order chi connectivity index (χ1) is 12.1. The van der Waals surface area contributed by atoms with Crippen LogP contribution in [0.4, 0.5) is 5.69 Å². The molecule has 0 radical (unpaired) electrons. The number of nitrogens with zero attached hydrogens (tertiary/aromatic N) is 5. The molecule has 0 saturated carbocycles. The van der Waals surface area contributed by atoms with Crippen molar-refractivity contribution in [3.63, 3.8) is 0 Å². The Morgan fingerprint density at radius 3 is 2.72 bits per heavy atom. The first-order valence-corrected chi connectivity index (χ1v) is 9.29. The normalized spacial score (nSPS) is 11.2. The highest BCUT2D eigenvalue weighted by Crippen LogP contribution is 2.28. The quantitative estimate of drug-likeness (QED) is 0.633. The molecule has 0 atom stereocenters. The van der Waals surface area contributed by atoms with Gasteiger partial charge in [0.25, 0.3) is 0 Å². The molecule has 0 aliphatic carbocycles. The number of amides is 1. The van der Waals surface area contributed by atoms with Gasteiger partial charge >= 0.3 is 0 Å². The topological polar surface area (TPSA) is 63.9 Å². The van der Waals surface area contributed by atoms with Crippen LogP contribution in [0.2, 0.25) is 0 Å². The van der Waals surface area contributed by atoms with E-state index in [2.05, 4.69) is 27.7 Å². The fourth-order valence-electron chi connectivity index (χ4n) is 2.73. The zero-order valence-corrected chi connectivity index (χ0v) is 15.4. The van der Waals surface area contributed by atoms with Gasteiger partial charge in [0.05, 0.1) is 17.5 Å². The van der Waals surface area contributed by atoms with Gasteiger partial charge in [0.1, 0.15) is 0 Å². The van der Waals surface area contributed by atoms with Crippen molar-refractivity contribution in [2.45, 2.75) is 32.0 Å². The molecule has 0 spiro atoms. The highest BCUT2D eigenvalue weighted by Gasteiger charge is 2.18. The molecule has 0 saturated heterocycles. The predicted octanol–water partition coefficient (Wildman–Crippen LogP) is 3.55. The third-order valence-corrected chi connectivity index (χ3v) is 4.87. The van der Waals surface area contributed by atoms with Crippen molar-refractivity contribution >= 4 is 34.1 Å². The van der Waals surface area contributed by atoms with Gasteiger partial charge in [0.2, 0.25) is 11.1 Å². The van der Waals surface area contributed by atoms with Gasteiger partial charge < -0.3 is 4.90 Å². The van der Waals surface area contributed by atoms with Crippen molar-refractivity contribution in [3.8, 4) is 0 Å². The molecule has 6 nitrogen and oxygen atoms in total. The van der Waals surface area contributed by atoms with Crippen LogP contribution >= 0.6 is 11.8 Å². The Kier molecular flexibility index (Phi) is 5.33. The molecule has 0 fully saturated rings. The summed E-state index contributed by atoms with van der Waals surface area (Å²) in [5.74, 6) is 0.339. The number of hydrogen-bond donors (Lipinski definition) is 0. The second-order valence-electron chi connectivity index (χ2n) is 5.92. The first-order valence-electron chi connectivity index (χ1n) is 8.30. The Morgan fingerprint density at radius 2 is 1.96 bits per heavy atom. The minimum absolute atomic E-state index is 0.0437. The van der Waals surface area contributed by atoms with E-state index in [1.165, 1.54) is 11.8 Å². The maximum atomic E-state index is 12.8. The van der Waals surface area contributed by atoms with E-state index in [1.54, 1.807) is 4.68 Å². The molecular formula is C18H21N5OS. The Balaban J connectivity index is 1.80. The minimum Gasteiger partial charge on any atom is -0.311 e. The van der Waals surface area contributed by atoms with Gasteiger partial charge in [-0.3, -0.25) is 4.79 Å². The monoisotopic (exact) mass is 355 g/mol. The van der Waals surface area contributed by atoms with Gasteiger partial charge in [-0.15, -0.1) is 5.10 Å². The number of hydrogen-bond acceptors (Lipinski definition) is 5. The summed E-state index contributed by atoms with van der Waals surface area (Å²) >= 11 is 1.37. The second-order valence-corrected chi connectivity index (χ2v) is 6.87. The van der Waals surface area contributed by atoms with E-state index >= 15 is 0 Å². The summed E-state index contributed by atoms with van der Waals surface area (Å²) in [4.78, 5) is 14.6. The molecule has 0 unspecified atom stereocenters. The molecular weight excluding hydrogens is 334 g/mol. The summed E-state index contributed by atoms with van der Waals surface area (Å²) in [5.41, 5.74) is 0.939. The number of carbonyl (C=O) groups is 1. The van der Waals surface area contributed by atoms with Crippen LogP contribution in [0.3, 0.4) is 0 Å². The highest BCUT2D eigenvalue weighted by atomic mass is 32.2. The molecule has 25 heavy (non-hydrogen) atoms. The van der Waals surface area contributed by atoms with Crippen molar-refractivity contribution in [2.24, 2.45) is 0 Å². The number of aromatic nitrogens is 4. The summed E-state index contributed by atoms with van der Waals surface area (Å²) in [5, 5.41) is 14.6. The number of rotatable bonds is 6. The fraction of sp³-hybridized carbons (Fsp3) is 0.333. The standard InChI is InChI=1S/C18H21N5OS/c1-4-22(16-11-7-9-14-8-5-6-10-15(14)16)17(24)12-25-18-19-20-21-23(18)13(2)3/h5-11,13H,4,12H2,1-3H3. The van der Waals surface area contributed by atoms with E-state index in [4.69, 9.17) is 0 Å². The average molecular weight is 355 g/mol. The van der Waals surface area contributed by atoms with E-state index in [0.29, 0.717) is 17.5 Å². The lowest BCUT2D eigenvalue weighted by Crippen LogP contribution is -2.32. The molecule has 3 rings (SSSR count). The molecule has 1 aromatic heterocycles. The first kappa shape index (κ1) is 17.4. The summed E-state index contributed by atoms with van der Waals surface area (Å²) in [6.07, 6.45) is 0. The summed E-state index contributed by atoms with van der Waals surface area (Å²) < 4.78 is 1.73. The van der Waals surface area contributed by atoms with Crippen LogP contribution in [0.1, 0.15) is 26.8 Å². The minimum atomic E-state index is 0.0437. The van der Waals surface area contributed by atoms with Crippen LogP contribution in [-0.4, -0.2) is 38.4 Å². The van der Waals surface area contributed by atoms with E-state index in [1.807, 2.05) is 56.0 Å². The van der Waals surface area contributed by atoms with Crippen LogP contribution in [0, 0.1) is 0 Å². The van der Waals surface area contributed by atoms with Gasteiger partial charge in [-0.25, -0.2) is 4.68 Å². The van der Waals surface area contributed by atoms with Crippen LogP contribution in [-0.2, 0) is 4.79 Å². The molecule has 0 aliphatic heterocycles. The molecule has 3 aromatic rings. The van der Waals surface area contributed by atoms with Gasteiger partial charge in [0.15, 0.2) is 0 Å². The highest BCUT2D eigenvalue weighted by molar-refractivity contribution is 7.99. The Hall–Kier alpha value is -2.41. The third kappa shape index (κ3) is 3.66. The maximum absolute atomic E-state index is 12.8. The van der Waals surface area contributed by atoms with Gasteiger partial charge in [0, 0.05) is 11.9 Å². The van der Waals surface area contributed by atoms with E-state index in [0.717, 1.165) is 16.5 Å². The van der Waals surface area contributed by atoms with Gasteiger partial charge in [-0.1, -0.05) is 48.2 Å². The molecule has 0 aliphatic rings. The van der Waals surface area contributed by atoms with Crippen LogP contribution in [0.15, 0.2) is 47.6 Å². The van der Waals surface area contributed by atoms with Gasteiger partial charge in [-0.2, -0.15) is 0 Å². The number of thioether (sulfide) groups is 1. The molecule has 130 valence electrons. The lowest BCUT2D eigenvalue weighted by molar-refractivity contribution is -0.116. The Labute approximate surface area is 151 Å². The lowest BCUT2D eigenvalue weighted by atomic mass is 10.1. The third-order valence-electron chi connectivity index (χ3n) is 3.95. The van der Waals surface area contributed by atoms with E-state index < -0.39 is 0 Å². The zero-order chi connectivity index (χ0) is 17.8. The number of tetrazole rings is 1. The maximum Gasteiger partial charge on any atom is 0.237 e. The summed E-state index contributed by atoms with van der Waals surface area (Å²) in [7, 11) is 0. The SMILES string of the molecule is CCN(C(=O)CSc1nnnn1C(C)C)c1cccc2ccccc12. The van der Waals surface area contributed by atoms with Crippen LogP contribution in [0.25, 0.3) is 10.8 Å². The van der Waals surface area contributed by atoms with Gasteiger partial charge in [-0.05, 0) is 42.7 Å². The number of fused-ring (bicyclic) bond motifs is 1. The number of benzene rings is 2. The van der Waals surface area contributed by atoms with Crippen LogP contribution in [0.5, 0.6) is 0 Å². The Morgan fingerprint density at radius 1 is 1.20 bits per heavy atom. The number of anilines is 1. The van der Waals surface area contributed by atoms with Crippen molar-refractivity contribution < 1.29 is 4.79 Å². The molecule has 2 aromatic carbocycles. The predicted molar refractivity (Wildman–Crippen MR) is 101 cm³/mol. The number of carbonyl (C=O) groups excluding carboxylic acids is 1. The molecule has 7 heteroatoms. The zero-order valence-electron chi connectivity index (χ0n) is 14.6. The molecule has 0 bridgehead atoms. The average Bonchev–Trinajstić information content (AvgIpc) is 3.10. The molecule has 0 N–H and O–H groups in total.